The van der Waals surface area contributed by atoms with E-state index < -0.39 is 0 Å². The first-order chi connectivity index (χ1) is 10.1. The Morgan fingerprint density at radius 3 is 2.38 bits per heavy atom. The number of hydrogen-bond donors (Lipinski definition) is 1. The lowest BCUT2D eigenvalue weighted by atomic mass is 9.93. The lowest BCUT2D eigenvalue weighted by Gasteiger charge is -2.16. The molecule has 2 aromatic rings. The SMILES string of the molecule is COc1ccc(Br)c(CC(CO)Cc2ccc(Br)cc2)c1. The molecule has 0 radical (unpaired) electrons. The Kier molecular flexibility index (Phi) is 6.27. The normalized spacial score (nSPS) is 12.2. The highest BCUT2D eigenvalue weighted by molar-refractivity contribution is 9.10. The molecule has 1 unspecified atom stereocenters. The van der Waals surface area contributed by atoms with E-state index in [0.29, 0.717) is 0 Å². The second-order valence-electron chi connectivity index (χ2n) is 5.04. The topological polar surface area (TPSA) is 29.5 Å². The van der Waals surface area contributed by atoms with Crippen molar-refractivity contribution in [3.63, 3.8) is 0 Å². The number of aliphatic hydroxyl groups is 1. The zero-order valence-corrected chi connectivity index (χ0v) is 15.0. The molecule has 0 saturated carbocycles. The largest absolute Gasteiger partial charge is 0.497 e. The molecular weight excluding hydrogens is 396 g/mol. The van der Waals surface area contributed by atoms with E-state index in [-0.39, 0.29) is 12.5 Å². The van der Waals surface area contributed by atoms with Crippen LogP contribution in [0.4, 0.5) is 0 Å². The lowest BCUT2D eigenvalue weighted by molar-refractivity contribution is 0.224. The molecule has 21 heavy (non-hydrogen) atoms. The minimum absolute atomic E-state index is 0.166. The Bertz CT molecular complexity index is 582. The standard InChI is InChI=1S/C17H18Br2O2/c1-21-16-6-7-17(19)14(10-16)9-13(11-20)8-12-2-4-15(18)5-3-12/h2-7,10,13,20H,8-9,11H2,1H3. The van der Waals surface area contributed by atoms with E-state index in [4.69, 9.17) is 4.74 Å². The molecule has 2 aromatic carbocycles. The summed E-state index contributed by atoms with van der Waals surface area (Å²) in [6.07, 6.45) is 1.66. The second kappa shape index (κ2) is 7.97. The summed E-state index contributed by atoms with van der Waals surface area (Å²) in [5.74, 6) is 1.03. The van der Waals surface area contributed by atoms with Crippen molar-refractivity contribution in [3.8, 4) is 5.75 Å². The first kappa shape index (κ1) is 16.5. The lowest BCUT2D eigenvalue weighted by Crippen LogP contribution is -2.13. The molecule has 0 aliphatic carbocycles. The van der Waals surface area contributed by atoms with Crippen molar-refractivity contribution >= 4 is 31.9 Å². The van der Waals surface area contributed by atoms with E-state index in [0.717, 1.165) is 33.1 Å². The molecule has 1 atom stereocenters. The molecule has 2 nitrogen and oxygen atoms in total. The molecule has 0 bridgehead atoms. The summed E-state index contributed by atoms with van der Waals surface area (Å²) in [4.78, 5) is 0. The highest BCUT2D eigenvalue weighted by Crippen LogP contribution is 2.26. The Morgan fingerprint density at radius 2 is 1.76 bits per heavy atom. The average molecular weight is 414 g/mol. The summed E-state index contributed by atoms with van der Waals surface area (Å²) in [6.45, 7) is 0.166. The molecular formula is C17H18Br2O2. The molecule has 0 fully saturated rings. The minimum Gasteiger partial charge on any atom is -0.497 e. The number of rotatable bonds is 6. The quantitative estimate of drug-likeness (QED) is 0.748. The first-order valence-corrected chi connectivity index (χ1v) is 8.38. The van der Waals surface area contributed by atoms with Gasteiger partial charge in [-0.2, -0.15) is 0 Å². The van der Waals surface area contributed by atoms with E-state index in [1.165, 1.54) is 5.56 Å². The predicted molar refractivity (Wildman–Crippen MR) is 92.8 cm³/mol. The Balaban J connectivity index is 2.10. The van der Waals surface area contributed by atoms with Gasteiger partial charge in [0, 0.05) is 15.6 Å². The van der Waals surface area contributed by atoms with Gasteiger partial charge >= 0.3 is 0 Å². The summed E-state index contributed by atoms with van der Waals surface area (Å²) >= 11 is 7.01. The molecule has 1 N–H and O–H groups in total. The molecule has 0 aliphatic rings. The number of methoxy groups -OCH3 is 1. The number of halogens is 2. The van der Waals surface area contributed by atoms with Gasteiger partial charge in [0.25, 0.3) is 0 Å². The highest BCUT2D eigenvalue weighted by atomic mass is 79.9. The van der Waals surface area contributed by atoms with Crippen molar-refractivity contribution in [2.75, 3.05) is 13.7 Å². The Labute approximate surface area is 142 Å². The summed E-state index contributed by atoms with van der Waals surface area (Å²) in [7, 11) is 1.67. The third-order valence-electron chi connectivity index (χ3n) is 3.46. The molecule has 0 saturated heterocycles. The van der Waals surface area contributed by atoms with E-state index in [1.54, 1.807) is 7.11 Å². The van der Waals surface area contributed by atoms with Crippen molar-refractivity contribution < 1.29 is 9.84 Å². The van der Waals surface area contributed by atoms with Crippen molar-refractivity contribution in [2.45, 2.75) is 12.8 Å². The zero-order chi connectivity index (χ0) is 15.2. The number of benzene rings is 2. The zero-order valence-electron chi connectivity index (χ0n) is 11.9. The summed E-state index contributed by atoms with van der Waals surface area (Å²) in [5, 5.41) is 9.66. The summed E-state index contributed by atoms with van der Waals surface area (Å²) in [5.41, 5.74) is 2.39. The van der Waals surface area contributed by atoms with E-state index in [2.05, 4.69) is 44.0 Å². The van der Waals surface area contributed by atoms with Crippen LogP contribution in [0, 0.1) is 5.92 Å². The summed E-state index contributed by atoms with van der Waals surface area (Å²) in [6, 6.07) is 14.2. The van der Waals surface area contributed by atoms with Gasteiger partial charge < -0.3 is 9.84 Å². The van der Waals surface area contributed by atoms with Gasteiger partial charge in [-0.3, -0.25) is 0 Å². The molecule has 0 aliphatic heterocycles. The fraction of sp³-hybridized carbons (Fsp3) is 0.294. The molecule has 112 valence electrons. The van der Waals surface area contributed by atoms with Crippen molar-refractivity contribution in [3.05, 3.63) is 62.5 Å². The van der Waals surface area contributed by atoms with Crippen molar-refractivity contribution in [1.82, 2.24) is 0 Å². The average Bonchev–Trinajstić information content (AvgIpc) is 2.50. The molecule has 0 spiro atoms. The van der Waals surface area contributed by atoms with Gasteiger partial charge in [0.2, 0.25) is 0 Å². The predicted octanol–water partition coefficient (Wildman–Crippen LogP) is 4.61. The van der Waals surface area contributed by atoms with Crippen LogP contribution in [0.25, 0.3) is 0 Å². The fourth-order valence-corrected chi connectivity index (χ4v) is 2.97. The van der Waals surface area contributed by atoms with E-state index >= 15 is 0 Å². The monoisotopic (exact) mass is 412 g/mol. The van der Waals surface area contributed by atoms with Crippen LogP contribution in [-0.2, 0) is 12.8 Å². The molecule has 2 rings (SSSR count). The van der Waals surface area contributed by atoms with Crippen LogP contribution >= 0.6 is 31.9 Å². The smallest absolute Gasteiger partial charge is 0.119 e. The Hall–Kier alpha value is -0.840. The van der Waals surface area contributed by atoms with Crippen LogP contribution < -0.4 is 4.74 Å². The van der Waals surface area contributed by atoms with Crippen LogP contribution in [0.15, 0.2) is 51.4 Å². The molecule has 4 heteroatoms. The minimum atomic E-state index is 0.166. The van der Waals surface area contributed by atoms with Crippen molar-refractivity contribution in [2.24, 2.45) is 5.92 Å². The maximum Gasteiger partial charge on any atom is 0.119 e. The third-order valence-corrected chi connectivity index (χ3v) is 4.76. The summed E-state index contributed by atoms with van der Waals surface area (Å²) < 4.78 is 7.39. The first-order valence-electron chi connectivity index (χ1n) is 6.80. The molecule has 0 aromatic heterocycles. The second-order valence-corrected chi connectivity index (χ2v) is 6.81. The van der Waals surface area contributed by atoms with E-state index in [1.807, 2.05) is 30.3 Å². The van der Waals surface area contributed by atoms with Gasteiger partial charge in [0.05, 0.1) is 7.11 Å². The molecule has 0 heterocycles. The van der Waals surface area contributed by atoms with Gasteiger partial charge in [-0.25, -0.2) is 0 Å². The fourth-order valence-electron chi connectivity index (χ4n) is 2.30. The number of hydrogen-bond acceptors (Lipinski definition) is 2. The van der Waals surface area contributed by atoms with E-state index in [9.17, 15) is 5.11 Å². The maximum absolute atomic E-state index is 9.66. The van der Waals surface area contributed by atoms with Gasteiger partial charge in [0.15, 0.2) is 0 Å². The van der Waals surface area contributed by atoms with Crippen LogP contribution in [-0.4, -0.2) is 18.8 Å². The maximum atomic E-state index is 9.66. The third kappa shape index (κ3) is 4.83. The molecule has 0 amide bonds. The van der Waals surface area contributed by atoms with Gasteiger partial charge in [-0.05, 0) is 60.2 Å². The Morgan fingerprint density at radius 1 is 1.05 bits per heavy atom. The highest BCUT2D eigenvalue weighted by Gasteiger charge is 2.12. The van der Waals surface area contributed by atoms with Gasteiger partial charge in [0.1, 0.15) is 5.75 Å². The van der Waals surface area contributed by atoms with Crippen LogP contribution in [0.5, 0.6) is 5.75 Å². The number of ether oxygens (including phenoxy) is 1. The van der Waals surface area contributed by atoms with Crippen LogP contribution in [0.2, 0.25) is 0 Å². The van der Waals surface area contributed by atoms with Gasteiger partial charge in [-0.1, -0.05) is 44.0 Å². The van der Waals surface area contributed by atoms with Crippen LogP contribution in [0.1, 0.15) is 11.1 Å². The van der Waals surface area contributed by atoms with Crippen LogP contribution in [0.3, 0.4) is 0 Å². The van der Waals surface area contributed by atoms with Crippen molar-refractivity contribution in [1.29, 1.82) is 0 Å². The van der Waals surface area contributed by atoms with Gasteiger partial charge in [-0.15, -0.1) is 0 Å². The number of aliphatic hydroxyl groups excluding tert-OH is 1.